The van der Waals surface area contributed by atoms with Crippen LogP contribution in [0.4, 0.5) is 0 Å². The number of hydrogen-bond acceptors (Lipinski definition) is 4. The maximum atomic E-state index is 10.5. The minimum absolute atomic E-state index is 0.128. The van der Waals surface area contributed by atoms with Gasteiger partial charge in [0.25, 0.3) is 0 Å². The molecule has 18 heavy (non-hydrogen) atoms. The van der Waals surface area contributed by atoms with Crippen LogP contribution in [-0.4, -0.2) is 42.9 Å². The van der Waals surface area contributed by atoms with Crippen LogP contribution in [0.3, 0.4) is 0 Å². The highest BCUT2D eigenvalue weighted by atomic mass is 32.1. The molecule has 1 fully saturated rings. The fourth-order valence-electron chi connectivity index (χ4n) is 2.45. The number of ether oxygens (including phenoxy) is 1. The Bertz CT molecular complexity index is 539. The van der Waals surface area contributed by atoms with Gasteiger partial charge in [-0.15, -0.1) is 11.3 Å². The van der Waals surface area contributed by atoms with Gasteiger partial charge in [-0.3, -0.25) is 0 Å². The zero-order chi connectivity index (χ0) is 12.5. The van der Waals surface area contributed by atoms with E-state index in [1.165, 1.54) is 10.1 Å². The molecule has 0 aliphatic carbocycles. The summed E-state index contributed by atoms with van der Waals surface area (Å²) in [5, 5.41) is 13.8. The Kier molecular flexibility index (Phi) is 3.35. The molecule has 2 unspecified atom stereocenters. The van der Waals surface area contributed by atoms with Crippen LogP contribution in [-0.2, 0) is 4.74 Å². The minimum Gasteiger partial charge on any atom is -0.386 e. The zero-order valence-electron chi connectivity index (χ0n) is 10.4. The van der Waals surface area contributed by atoms with Gasteiger partial charge >= 0.3 is 0 Å². The second-order valence-corrected chi connectivity index (χ2v) is 5.72. The number of thiophene rings is 1. The topological polar surface area (TPSA) is 32.7 Å². The van der Waals surface area contributed by atoms with Gasteiger partial charge < -0.3 is 14.7 Å². The van der Waals surface area contributed by atoms with E-state index in [0.29, 0.717) is 6.61 Å². The predicted octanol–water partition coefficient (Wildman–Crippen LogP) is 2.27. The molecule has 2 heterocycles. The monoisotopic (exact) mass is 263 g/mol. The summed E-state index contributed by atoms with van der Waals surface area (Å²) < 4.78 is 6.87. The average molecular weight is 263 g/mol. The van der Waals surface area contributed by atoms with E-state index in [2.05, 4.69) is 29.5 Å². The third kappa shape index (κ3) is 2.17. The van der Waals surface area contributed by atoms with Gasteiger partial charge in [0.2, 0.25) is 0 Å². The first kappa shape index (κ1) is 12.1. The number of benzene rings is 1. The summed E-state index contributed by atoms with van der Waals surface area (Å²) in [6, 6.07) is 8.17. The van der Waals surface area contributed by atoms with Gasteiger partial charge in [-0.25, -0.2) is 0 Å². The third-order valence-electron chi connectivity index (χ3n) is 3.48. The number of hydrogen-bond donors (Lipinski definition) is 1. The highest BCUT2D eigenvalue weighted by molar-refractivity contribution is 7.17. The molecule has 96 valence electrons. The number of likely N-dealkylation sites (N-methyl/N-ethyl adjacent to an activating group) is 1. The molecule has 1 aliphatic rings. The minimum atomic E-state index is -0.546. The van der Waals surface area contributed by atoms with Crippen molar-refractivity contribution in [2.24, 2.45) is 0 Å². The second kappa shape index (κ2) is 4.97. The van der Waals surface area contributed by atoms with Gasteiger partial charge in [0.15, 0.2) is 0 Å². The molecule has 2 aromatic rings. The first-order chi connectivity index (χ1) is 8.75. The van der Waals surface area contributed by atoms with Gasteiger partial charge in [-0.1, -0.05) is 18.2 Å². The predicted molar refractivity (Wildman–Crippen MR) is 74.0 cm³/mol. The van der Waals surface area contributed by atoms with E-state index in [-0.39, 0.29) is 6.10 Å². The molecule has 1 aliphatic heterocycles. The Hall–Kier alpha value is -0.940. The number of nitrogens with zero attached hydrogens (tertiary/aromatic N) is 1. The van der Waals surface area contributed by atoms with Crippen LogP contribution in [0, 0.1) is 0 Å². The van der Waals surface area contributed by atoms with Gasteiger partial charge in [-0.2, -0.15) is 0 Å². The molecule has 1 N–H and O–H groups in total. The first-order valence-electron chi connectivity index (χ1n) is 6.20. The van der Waals surface area contributed by atoms with Crippen molar-refractivity contribution in [1.29, 1.82) is 0 Å². The summed E-state index contributed by atoms with van der Waals surface area (Å²) >= 11 is 1.68. The van der Waals surface area contributed by atoms with Crippen molar-refractivity contribution in [2.75, 3.05) is 26.7 Å². The van der Waals surface area contributed by atoms with Crippen molar-refractivity contribution < 1.29 is 9.84 Å². The lowest BCUT2D eigenvalue weighted by molar-refractivity contribution is -0.0839. The molecule has 2 atom stereocenters. The Morgan fingerprint density at radius 2 is 2.33 bits per heavy atom. The number of morpholine rings is 1. The Morgan fingerprint density at radius 1 is 1.44 bits per heavy atom. The molecular weight excluding hydrogens is 246 g/mol. The lowest BCUT2D eigenvalue weighted by Gasteiger charge is -2.33. The fraction of sp³-hybridized carbons (Fsp3) is 0.429. The number of aliphatic hydroxyl groups is 1. The maximum absolute atomic E-state index is 10.5. The molecule has 1 aromatic heterocycles. The number of aliphatic hydroxyl groups excluding tert-OH is 1. The first-order valence-corrected chi connectivity index (χ1v) is 7.08. The summed E-state index contributed by atoms with van der Waals surface area (Å²) in [6.07, 6.45) is -0.674. The van der Waals surface area contributed by atoms with Crippen LogP contribution >= 0.6 is 11.3 Å². The molecule has 3 rings (SSSR count). The quantitative estimate of drug-likeness (QED) is 0.902. The van der Waals surface area contributed by atoms with Crippen LogP contribution in [0.2, 0.25) is 0 Å². The highest BCUT2D eigenvalue weighted by Gasteiger charge is 2.27. The van der Waals surface area contributed by atoms with Gasteiger partial charge in [0, 0.05) is 23.4 Å². The van der Waals surface area contributed by atoms with E-state index in [1.807, 2.05) is 12.1 Å². The second-order valence-electron chi connectivity index (χ2n) is 4.80. The molecule has 0 spiro atoms. The summed E-state index contributed by atoms with van der Waals surface area (Å²) in [6.45, 7) is 2.41. The Morgan fingerprint density at radius 3 is 3.17 bits per heavy atom. The number of rotatable bonds is 2. The molecule has 1 aromatic carbocycles. The van der Waals surface area contributed by atoms with E-state index < -0.39 is 6.10 Å². The van der Waals surface area contributed by atoms with Gasteiger partial charge in [0.1, 0.15) is 12.2 Å². The smallest absolute Gasteiger partial charge is 0.108 e. The molecular formula is C14H17NO2S. The summed E-state index contributed by atoms with van der Waals surface area (Å²) in [5.41, 5.74) is 0.989. The molecule has 1 saturated heterocycles. The molecule has 4 heteroatoms. The van der Waals surface area contributed by atoms with Crippen molar-refractivity contribution in [1.82, 2.24) is 4.90 Å². The lowest BCUT2D eigenvalue weighted by atomic mass is 10.0. The summed E-state index contributed by atoms with van der Waals surface area (Å²) in [4.78, 5) is 2.20. The maximum Gasteiger partial charge on any atom is 0.108 e. The highest BCUT2D eigenvalue weighted by Crippen LogP contribution is 2.31. The SMILES string of the molecule is CN1CCOC(C(O)c2cccc3ccsc23)C1. The molecule has 0 radical (unpaired) electrons. The normalized spacial score (nSPS) is 23.3. The molecule has 3 nitrogen and oxygen atoms in total. The van der Waals surface area contributed by atoms with Gasteiger partial charge in [-0.05, 0) is 23.9 Å². The van der Waals surface area contributed by atoms with Crippen molar-refractivity contribution >= 4 is 21.4 Å². The van der Waals surface area contributed by atoms with E-state index >= 15 is 0 Å². The molecule has 0 amide bonds. The summed E-state index contributed by atoms with van der Waals surface area (Å²) in [7, 11) is 2.06. The van der Waals surface area contributed by atoms with Gasteiger partial charge in [0.05, 0.1) is 6.61 Å². The Labute approximate surface area is 111 Å². The lowest BCUT2D eigenvalue weighted by Crippen LogP contribution is -2.42. The van der Waals surface area contributed by atoms with Crippen LogP contribution < -0.4 is 0 Å². The van der Waals surface area contributed by atoms with E-state index in [4.69, 9.17) is 4.74 Å². The van der Waals surface area contributed by atoms with E-state index in [1.54, 1.807) is 11.3 Å². The van der Waals surface area contributed by atoms with Crippen LogP contribution in [0.5, 0.6) is 0 Å². The van der Waals surface area contributed by atoms with Crippen molar-refractivity contribution in [3.8, 4) is 0 Å². The largest absolute Gasteiger partial charge is 0.386 e. The van der Waals surface area contributed by atoms with E-state index in [9.17, 15) is 5.11 Å². The van der Waals surface area contributed by atoms with Crippen LogP contribution in [0.1, 0.15) is 11.7 Å². The Balaban J connectivity index is 1.91. The zero-order valence-corrected chi connectivity index (χ0v) is 11.2. The van der Waals surface area contributed by atoms with Crippen LogP contribution in [0.15, 0.2) is 29.6 Å². The average Bonchev–Trinajstić information content (AvgIpc) is 2.86. The molecule has 0 bridgehead atoms. The number of fused-ring (bicyclic) bond motifs is 1. The van der Waals surface area contributed by atoms with Crippen molar-refractivity contribution in [3.05, 3.63) is 35.2 Å². The fourth-order valence-corrected chi connectivity index (χ4v) is 3.40. The third-order valence-corrected chi connectivity index (χ3v) is 4.46. The van der Waals surface area contributed by atoms with Crippen molar-refractivity contribution in [3.63, 3.8) is 0 Å². The van der Waals surface area contributed by atoms with E-state index in [0.717, 1.165) is 18.7 Å². The van der Waals surface area contributed by atoms with Crippen molar-refractivity contribution in [2.45, 2.75) is 12.2 Å². The van der Waals surface area contributed by atoms with Crippen LogP contribution in [0.25, 0.3) is 10.1 Å². The standard InChI is InChI=1S/C14H17NO2S/c1-15-6-7-17-12(9-15)13(16)11-4-2-3-10-5-8-18-14(10)11/h2-5,8,12-13,16H,6-7,9H2,1H3. The molecule has 0 saturated carbocycles. The summed E-state index contributed by atoms with van der Waals surface area (Å²) in [5.74, 6) is 0.